The van der Waals surface area contributed by atoms with Crippen LogP contribution in [0.5, 0.6) is 0 Å². The number of nitrogens with one attached hydrogen (secondary N) is 1. The van der Waals surface area contributed by atoms with E-state index in [4.69, 9.17) is 4.74 Å². The summed E-state index contributed by atoms with van der Waals surface area (Å²) in [5.74, 6) is -0.361. The molecule has 0 saturated heterocycles. The Hall–Kier alpha value is -1.55. The first-order chi connectivity index (χ1) is 8.56. The van der Waals surface area contributed by atoms with E-state index in [0.717, 1.165) is 12.1 Å². The van der Waals surface area contributed by atoms with Gasteiger partial charge in [-0.1, -0.05) is 26.0 Å². The third kappa shape index (κ3) is 3.47. The van der Waals surface area contributed by atoms with Gasteiger partial charge in [-0.2, -0.15) is 0 Å². The van der Waals surface area contributed by atoms with Crippen LogP contribution in [0.25, 0.3) is 0 Å². The minimum Gasteiger partial charge on any atom is -0.465 e. The van der Waals surface area contributed by atoms with Gasteiger partial charge < -0.3 is 15.2 Å². The summed E-state index contributed by atoms with van der Waals surface area (Å²) in [5, 5.41) is 12.6. The molecule has 0 aromatic heterocycles. The second kappa shape index (κ2) is 6.40. The Bertz CT molecular complexity index is 400. The Balaban J connectivity index is 2.82. The number of hydrogen-bond donors (Lipinski definition) is 2. The number of methoxy groups -OCH3 is 1. The van der Waals surface area contributed by atoms with Crippen molar-refractivity contribution < 1.29 is 14.6 Å². The number of carbonyl (C=O) groups excluding carboxylic acids is 1. The zero-order valence-corrected chi connectivity index (χ0v) is 11.2. The molecule has 1 unspecified atom stereocenters. The molecule has 0 aliphatic heterocycles. The SMILES string of the molecule is CCC(C)(CO)CNc1ccccc1C(=O)OC. The lowest BCUT2D eigenvalue weighted by atomic mass is 9.88. The van der Waals surface area contributed by atoms with E-state index in [-0.39, 0.29) is 18.0 Å². The Kier molecular flexibility index (Phi) is 5.16. The standard InChI is InChI=1S/C14H21NO3/c1-4-14(2,10-16)9-15-12-8-6-5-7-11(12)13(17)18-3/h5-8,15-16H,4,9-10H2,1-3H3. The lowest BCUT2D eigenvalue weighted by Crippen LogP contribution is -2.30. The van der Waals surface area contributed by atoms with Crippen molar-refractivity contribution in [2.75, 3.05) is 25.6 Å². The molecule has 1 atom stereocenters. The van der Waals surface area contributed by atoms with E-state index in [1.54, 1.807) is 12.1 Å². The van der Waals surface area contributed by atoms with Crippen LogP contribution in [0.3, 0.4) is 0 Å². The van der Waals surface area contributed by atoms with Gasteiger partial charge in [0.05, 0.1) is 19.3 Å². The summed E-state index contributed by atoms with van der Waals surface area (Å²) in [6.45, 7) is 4.75. The Morgan fingerprint density at radius 2 is 2.11 bits per heavy atom. The first-order valence-electron chi connectivity index (χ1n) is 6.08. The summed E-state index contributed by atoms with van der Waals surface area (Å²) < 4.78 is 4.73. The minimum atomic E-state index is -0.361. The predicted octanol–water partition coefficient (Wildman–Crippen LogP) is 2.29. The van der Waals surface area contributed by atoms with Gasteiger partial charge in [-0.05, 0) is 18.6 Å². The number of esters is 1. The van der Waals surface area contributed by atoms with Crippen molar-refractivity contribution >= 4 is 11.7 Å². The maximum absolute atomic E-state index is 11.6. The van der Waals surface area contributed by atoms with Crippen LogP contribution in [0.2, 0.25) is 0 Å². The first-order valence-corrected chi connectivity index (χ1v) is 6.08. The molecule has 0 spiro atoms. The molecule has 0 radical (unpaired) electrons. The van der Waals surface area contributed by atoms with Crippen LogP contribution in [-0.4, -0.2) is 31.3 Å². The average Bonchev–Trinajstić information content (AvgIpc) is 2.44. The zero-order valence-electron chi connectivity index (χ0n) is 11.2. The van der Waals surface area contributed by atoms with Gasteiger partial charge in [-0.3, -0.25) is 0 Å². The zero-order chi connectivity index (χ0) is 13.6. The fraction of sp³-hybridized carbons (Fsp3) is 0.500. The molecule has 0 amide bonds. The number of ether oxygens (including phenoxy) is 1. The molecule has 0 fully saturated rings. The third-order valence-electron chi connectivity index (χ3n) is 3.27. The number of benzene rings is 1. The highest BCUT2D eigenvalue weighted by Gasteiger charge is 2.21. The number of hydrogen-bond acceptors (Lipinski definition) is 4. The van der Waals surface area contributed by atoms with Crippen LogP contribution < -0.4 is 5.32 Å². The van der Waals surface area contributed by atoms with Gasteiger partial charge in [0.25, 0.3) is 0 Å². The minimum absolute atomic E-state index is 0.108. The van der Waals surface area contributed by atoms with Crippen molar-refractivity contribution in [1.82, 2.24) is 0 Å². The number of carbonyl (C=O) groups is 1. The third-order valence-corrected chi connectivity index (χ3v) is 3.27. The fourth-order valence-electron chi connectivity index (χ4n) is 1.53. The molecule has 0 aliphatic rings. The second-order valence-corrected chi connectivity index (χ2v) is 4.71. The Labute approximate surface area is 108 Å². The van der Waals surface area contributed by atoms with Crippen LogP contribution >= 0.6 is 0 Å². The van der Waals surface area contributed by atoms with E-state index in [0.29, 0.717) is 12.1 Å². The van der Waals surface area contributed by atoms with Gasteiger partial charge in [-0.25, -0.2) is 4.79 Å². The van der Waals surface area contributed by atoms with Gasteiger partial charge in [0.15, 0.2) is 0 Å². The maximum atomic E-state index is 11.6. The van der Waals surface area contributed by atoms with Crippen molar-refractivity contribution in [2.45, 2.75) is 20.3 Å². The molecule has 4 heteroatoms. The number of para-hydroxylation sites is 1. The molecular weight excluding hydrogens is 230 g/mol. The van der Waals surface area contributed by atoms with Crippen LogP contribution in [0.1, 0.15) is 30.6 Å². The summed E-state index contributed by atoms with van der Waals surface area (Å²) >= 11 is 0. The van der Waals surface area contributed by atoms with Crippen LogP contribution in [0.15, 0.2) is 24.3 Å². The normalized spacial score (nSPS) is 13.8. The van der Waals surface area contributed by atoms with E-state index in [2.05, 4.69) is 5.32 Å². The molecule has 0 aliphatic carbocycles. The van der Waals surface area contributed by atoms with Crippen LogP contribution in [0, 0.1) is 5.41 Å². The molecule has 1 rings (SSSR count). The summed E-state index contributed by atoms with van der Waals surface area (Å²) in [6.07, 6.45) is 0.858. The van der Waals surface area contributed by atoms with Gasteiger partial charge in [-0.15, -0.1) is 0 Å². The van der Waals surface area contributed by atoms with E-state index >= 15 is 0 Å². The summed E-state index contributed by atoms with van der Waals surface area (Å²) in [6, 6.07) is 7.20. The van der Waals surface area contributed by atoms with Crippen LogP contribution in [-0.2, 0) is 4.74 Å². The molecule has 4 nitrogen and oxygen atoms in total. The van der Waals surface area contributed by atoms with E-state index in [1.165, 1.54) is 7.11 Å². The van der Waals surface area contributed by atoms with Gasteiger partial charge in [0.1, 0.15) is 0 Å². The number of rotatable bonds is 6. The first kappa shape index (κ1) is 14.5. The van der Waals surface area contributed by atoms with E-state index in [1.807, 2.05) is 26.0 Å². The molecule has 1 aromatic carbocycles. The molecule has 0 saturated carbocycles. The van der Waals surface area contributed by atoms with Crippen LogP contribution in [0.4, 0.5) is 5.69 Å². The van der Waals surface area contributed by atoms with Crippen molar-refractivity contribution in [3.05, 3.63) is 29.8 Å². The largest absolute Gasteiger partial charge is 0.465 e. The smallest absolute Gasteiger partial charge is 0.339 e. The van der Waals surface area contributed by atoms with Crippen molar-refractivity contribution in [1.29, 1.82) is 0 Å². The molecule has 100 valence electrons. The summed E-state index contributed by atoms with van der Waals surface area (Å²) in [5.41, 5.74) is 1.05. The maximum Gasteiger partial charge on any atom is 0.339 e. The quantitative estimate of drug-likeness (QED) is 0.762. The van der Waals surface area contributed by atoms with Crippen molar-refractivity contribution in [3.63, 3.8) is 0 Å². The van der Waals surface area contributed by atoms with Gasteiger partial charge >= 0.3 is 5.97 Å². The van der Waals surface area contributed by atoms with Gasteiger partial charge in [0, 0.05) is 17.6 Å². The molecule has 0 heterocycles. The van der Waals surface area contributed by atoms with Crippen molar-refractivity contribution in [3.8, 4) is 0 Å². The van der Waals surface area contributed by atoms with E-state index < -0.39 is 0 Å². The average molecular weight is 251 g/mol. The topological polar surface area (TPSA) is 58.6 Å². The summed E-state index contributed by atoms with van der Waals surface area (Å²) in [4.78, 5) is 11.6. The monoisotopic (exact) mass is 251 g/mol. The highest BCUT2D eigenvalue weighted by Crippen LogP contribution is 2.23. The molecular formula is C14H21NO3. The predicted molar refractivity (Wildman–Crippen MR) is 71.8 cm³/mol. The highest BCUT2D eigenvalue weighted by atomic mass is 16.5. The van der Waals surface area contributed by atoms with Crippen molar-refractivity contribution in [2.24, 2.45) is 5.41 Å². The molecule has 2 N–H and O–H groups in total. The lowest BCUT2D eigenvalue weighted by Gasteiger charge is -2.26. The number of aliphatic hydroxyl groups is 1. The highest BCUT2D eigenvalue weighted by molar-refractivity contribution is 5.95. The Morgan fingerprint density at radius 3 is 2.67 bits per heavy atom. The molecule has 0 bridgehead atoms. The fourth-order valence-corrected chi connectivity index (χ4v) is 1.53. The Morgan fingerprint density at radius 1 is 1.44 bits per heavy atom. The lowest BCUT2D eigenvalue weighted by molar-refractivity contribution is 0.0601. The van der Waals surface area contributed by atoms with Gasteiger partial charge in [0.2, 0.25) is 0 Å². The second-order valence-electron chi connectivity index (χ2n) is 4.71. The summed E-state index contributed by atoms with van der Waals surface area (Å²) in [7, 11) is 1.36. The molecule has 1 aromatic rings. The van der Waals surface area contributed by atoms with E-state index in [9.17, 15) is 9.90 Å². The number of aliphatic hydroxyl groups excluding tert-OH is 1. The number of anilines is 1. The molecule has 18 heavy (non-hydrogen) atoms.